The van der Waals surface area contributed by atoms with Crippen molar-refractivity contribution < 1.29 is 9.53 Å². The highest BCUT2D eigenvalue weighted by Gasteiger charge is 2.08. The molecule has 140 valence electrons. The SMILES string of the molecule is CC(C)COc1c[nH]c(CNC(=O)c2ccc(-n3cccc3)cc2)cc1=O. The smallest absolute Gasteiger partial charge is 0.251 e. The van der Waals surface area contributed by atoms with Gasteiger partial charge in [0.15, 0.2) is 5.75 Å². The molecule has 0 aliphatic carbocycles. The second-order valence-electron chi connectivity index (χ2n) is 6.71. The number of hydrogen-bond acceptors (Lipinski definition) is 3. The Morgan fingerprint density at radius 3 is 2.52 bits per heavy atom. The van der Waals surface area contributed by atoms with Crippen molar-refractivity contribution in [3.05, 3.63) is 82.5 Å². The van der Waals surface area contributed by atoms with Crippen LogP contribution in [-0.2, 0) is 6.54 Å². The Hall–Kier alpha value is -3.28. The van der Waals surface area contributed by atoms with E-state index >= 15 is 0 Å². The predicted molar refractivity (Wildman–Crippen MR) is 104 cm³/mol. The molecule has 0 atom stereocenters. The Morgan fingerprint density at radius 2 is 1.89 bits per heavy atom. The molecule has 1 amide bonds. The summed E-state index contributed by atoms with van der Waals surface area (Å²) in [6.45, 7) is 4.75. The van der Waals surface area contributed by atoms with Crippen LogP contribution >= 0.6 is 0 Å². The molecule has 0 radical (unpaired) electrons. The summed E-state index contributed by atoms with van der Waals surface area (Å²) in [5.41, 5.74) is 1.96. The number of aromatic nitrogens is 2. The summed E-state index contributed by atoms with van der Waals surface area (Å²) >= 11 is 0. The van der Waals surface area contributed by atoms with Crippen molar-refractivity contribution >= 4 is 5.91 Å². The van der Waals surface area contributed by atoms with Gasteiger partial charge in [-0.15, -0.1) is 0 Å². The lowest BCUT2D eigenvalue weighted by Crippen LogP contribution is -2.24. The van der Waals surface area contributed by atoms with Crippen molar-refractivity contribution in [3.8, 4) is 11.4 Å². The number of carbonyl (C=O) groups excluding carboxylic acids is 1. The van der Waals surface area contributed by atoms with E-state index in [0.717, 1.165) is 5.69 Å². The first-order valence-corrected chi connectivity index (χ1v) is 8.89. The molecular weight excluding hydrogens is 342 g/mol. The van der Waals surface area contributed by atoms with Crippen LogP contribution in [0.25, 0.3) is 5.69 Å². The van der Waals surface area contributed by atoms with Crippen molar-refractivity contribution in [2.75, 3.05) is 6.61 Å². The van der Waals surface area contributed by atoms with Crippen LogP contribution < -0.4 is 15.5 Å². The third-order valence-corrected chi connectivity index (χ3v) is 3.98. The van der Waals surface area contributed by atoms with Gasteiger partial charge in [0, 0.05) is 41.6 Å². The highest BCUT2D eigenvalue weighted by Crippen LogP contribution is 2.10. The summed E-state index contributed by atoms with van der Waals surface area (Å²) < 4.78 is 7.42. The molecule has 6 heteroatoms. The summed E-state index contributed by atoms with van der Waals surface area (Å²) in [5, 5.41) is 2.81. The number of ether oxygens (including phenoxy) is 1. The van der Waals surface area contributed by atoms with Gasteiger partial charge in [-0.25, -0.2) is 0 Å². The Labute approximate surface area is 157 Å². The number of H-pyrrole nitrogens is 1. The summed E-state index contributed by atoms with van der Waals surface area (Å²) in [5.74, 6) is 0.432. The largest absolute Gasteiger partial charge is 0.488 e. The maximum atomic E-state index is 12.3. The van der Waals surface area contributed by atoms with Crippen LogP contribution in [0, 0.1) is 5.92 Å². The van der Waals surface area contributed by atoms with Crippen LogP contribution in [0.2, 0.25) is 0 Å². The van der Waals surface area contributed by atoms with E-state index in [1.807, 2.05) is 55.1 Å². The highest BCUT2D eigenvalue weighted by atomic mass is 16.5. The summed E-state index contributed by atoms with van der Waals surface area (Å²) in [4.78, 5) is 27.4. The maximum absolute atomic E-state index is 12.3. The minimum atomic E-state index is -0.199. The Bertz CT molecular complexity index is 942. The first-order valence-electron chi connectivity index (χ1n) is 8.89. The Kier molecular flexibility index (Phi) is 5.76. The lowest BCUT2D eigenvalue weighted by atomic mass is 10.2. The van der Waals surface area contributed by atoms with E-state index in [-0.39, 0.29) is 17.9 Å². The fourth-order valence-electron chi connectivity index (χ4n) is 2.54. The molecule has 0 unspecified atom stereocenters. The van der Waals surface area contributed by atoms with Gasteiger partial charge in [0.1, 0.15) is 0 Å². The zero-order chi connectivity index (χ0) is 19.2. The van der Waals surface area contributed by atoms with Crippen LogP contribution in [0.3, 0.4) is 0 Å². The monoisotopic (exact) mass is 365 g/mol. The van der Waals surface area contributed by atoms with Crippen molar-refractivity contribution in [2.45, 2.75) is 20.4 Å². The average Bonchev–Trinajstić information content (AvgIpc) is 3.20. The third-order valence-electron chi connectivity index (χ3n) is 3.98. The maximum Gasteiger partial charge on any atom is 0.251 e. The summed E-state index contributed by atoms with van der Waals surface area (Å²) in [7, 11) is 0. The van der Waals surface area contributed by atoms with Gasteiger partial charge in [0.2, 0.25) is 5.43 Å². The second kappa shape index (κ2) is 8.40. The molecule has 2 aromatic heterocycles. The van der Waals surface area contributed by atoms with Gasteiger partial charge in [-0.05, 0) is 42.3 Å². The van der Waals surface area contributed by atoms with Gasteiger partial charge < -0.3 is 19.6 Å². The van der Waals surface area contributed by atoms with Gasteiger partial charge in [0.25, 0.3) is 5.91 Å². The van der Waals surface area contributed by atoms with E-state index in [9.17, 15) is 9.59 Å². The van der Waals surface area contributed by atoms with Crippen molar-refractivity contribution in [2.24, 2.45) is 5.92 Å². The predicted octanol–water partition coefficient (Wildman–Crippen LogP) is 3.13. The second-order valence-corrected chi connectivity index (χ2v) is 6.71. The summed E-state index contributed by atoms with van der Waals surface area (Å²) in [6, 6.07) is 12.7. The van der Waals surface area contributed by atoms with Crippen molar-refractivity contribution in [1.29, 1.82) is 0 Å². The van der Waals surface area contributed by atoms with Crippen LogP contribution in [0.15, 0.2) is 65.8 Å². The number of aromatic amines is 1. The molecule has 2 N–H and O–H groups in total. The Morgan fingerprint density at radius 1 is 1.19 bits per heavy atom. The highest BCUT2D eigenvalue weighted by molar-refractivity contribution is 5.94. The summed E-state index contributed by atoms with van der Waals surface area (Å²) in [6.07, 6.45) is 5.43. The number of nitrogens with one attached hydrogen (secondary N) is 2. The van der Waals surface area contributed by atoms with Gasteiger partial charge in [-0.3, -0.25) is 9.59 Å². The van der Waals surface area contributed by atoms with E-state index in [2.05, 4.69) is 10.3 Å². The number of amides is 1. The zero-order valence-corrected chi connectivity index (χ0v) is 15.4. The average molecular weight is 365 g/mol. The van der Waals surface area contributed by atoms with Gasteiger partial charge in [-0.1, -0.05) is 13.8 Å². The van der Waals surface area contributed by atoms with E-state index in [1.54, 1.807) is 12.1 Å². The number of benzene rings is 1. The van der Waals surface area contributed by atoms with Crippen LogP contribution in [0.1, 0.15) is 29.9 Å². The molecule has 0 bridgehead atoms. The van der Waals surface area contributed by atoms with Crippen LogP contribution in [0.4, 0.5) is 0 Å². The third kappa shape index (κ3) is 4.88. The number of hydrogen-bond donors (Lipinski definition) is 2. The molecule has 3 aromatic rings. The fourth-order valence-corrected chi connectivity index (χ4v) is 2.54. The molecule has 2 heterocycles. The normalized spacial score (nSPS) is 10.8. The molecule has 1 aromatic carbocycles. The van der Waals surface area contributed by atoms with E-state index in [1.165, 1.54) is 12.3 Å². The van der Waals surface area contributed by atoms with Crippen LogP contribution in [0.5, 0.6) is 5.75 Å². The van der Waals surface area contributed by atoms with E-state index in [4.69, 9.17) is 4.74 Å². The molecule has 0 aliphatic rings. The molecule has 0 aliphatic heterocycles. The number of nitrogens with zero attached hydrogens (tertiary/aromatic N) is 1. The van der Waals surface area contributed by atoms with E-state index in [0.29, 0.717) is 29.5 Å². The number of pyridine rings is 1. The van der Waals surface area contributed by atoms with Gasteiger partial charge in [0.05, 0.1) is 13.2 Å². The van der Waals surface area contributed by atoms with Crippen molar-refractivity contribution in [1.82, 2.24) is 14.9 Å². The first-order chi connectivity index (χ1) is 13.0. The molecular formula is C21H23N3O3. The van der Waals surface area contributed by atoms with E-state index < -0.39 is 0 Å². The van der Waals surface area contributed by atoms with Gasteiger partial charge in [-0.2, -0.15) is 0 Å². The standard InChI is InChI=1S/C21H23N3O3/c1-15(2)14-27-20-13-22-17(11-19(20)25)12-23-21(26)16-5-7-18(8-6-16)24-9-3-4-10-24/h3-11,13,15H,12,14H2,1-2H3,(H,22,25)(H,23,26). The fraction of sp³-hybridized carbons (Fsp3) is 0.238. The molecule has 3 rings (SSSR count). The zero-order valence-electron chi connectivity index (χ0n) is 15.4. The quantitative estimate of drug-likeness (QED) is 0.675. The molecule has 6 nitrogen and oxygen atoms in total. The number of rotatable bonds is 7. The molecule has 0 fully saturated rings. The number of carbonyl (C=O) groups is 1. The first kappa shape index (κ1) is 18.5. The Balaban J connectivity index is 1.59. The minimum Gasteiger partial charge on any atom is -0.488 e. The van der Waals surface area contributed by atoms with Crippen molar-refractivity contribution in [3.63, 3.8) is 0 Å². The molecule has 0 spiro atoms. The minimum absolute atomic E-state index is 0.199. The topological polar surface area (TPSA) is 76.1 Å². The molecule has 27 heavy (non-hydrogen) atoms. The molecule has 0 saturated heterocycles. The van der Waals surface area contributed by atoms with Crippen LogP contribution in [-0.4, -0.2) is 22.1 Å². The lowest BCUT2D eigenvalue weighted by molar-refractivity contribution is 0.0950. The lowest BCUT2D eigenvalue weighted by Gasteiger charge is -2.10. The van der Waals surface area contributed by atoms with Gasteiger partial charge >= 0.3 is 0 Å². The molecule has 0 saturated carbocycles.